The van der Waals surface area contributed by atoms with Gasteiger partial charge < -0.3 is 14.9 Å². The number of rotatable bonds is 12. The van der Waals surface area contributed by atoms with Crippen molar-refractivity contribution in [2.75, 3.05) is 7.11 Å². The van der Waals surface area contributed by atoms with E-state index in [0.29, 0.717) is 18.6 Å². The summed E-state index contributed by atoms with van der Waals surface area (Å²) >= 11 is 0. The van der Waals surface area contributed by atoms with Gasteiger partial charge in [0.2, 0.25) is 0 Å². The normalized spacial score (nSPS) is 23.8. The van der Waals surface area contributed by atoms with Crippen molar-refractivity contribution >= 4 is 11.8 Å². The van der Waals surface area contributed by atoms with E-state index in [0.717, 1.165) is 38.5 Å². The zero-order valence-electron chi connectivity index (χ0n) is 17.0. The van der Waals surface area contributed by atoms with Crippen LogP contribution in [0.4, 0.5) is 0 Å². The molecule has 5 heteroatoms. The minimum absolute atomic E-state index is 0.0250. The third-order valence-electron chi connectivity index (χ3n) is 5.31. The Labute approximate surface area is 163 Å². The lowest BCUT2D eigenvalue weighted by molar-refractivity contribution is -0.150. The van der Waals surface area contributed by atoms with Crippen molar-refractivity contribution in [1.29, 1.82) is 0 Å². The van der Waals surface area contributed by atoms with Crippen LogP contribution < -0.4 is 0 Å². The van der Waals surface area contributed by atoms with Crippen LogP contribution in [-0.4, -0.2) is 40.8 Å². The standard InChI is InChI=1S/C22H36O5/c1-4-5-15-22(2,26)16-9-10-17-13-14-19(23)18(17)11-7-6-8-12-20(24)21(25)27-3/h6,8-10,17-18,20,24,26H,4-5,7,11-16H2,1-3H3/t17-,18+,20?,22?/m0/s1. The first-order valence-electron chi connectivity index (χ1n) is 10.1. The third-order valence-corrected chi connectivity index (χ3v) is 5.31. The van der Waals surface area contributed by atoms with Crippen molar-refractivity contribution < 1.29 is 24.5 Å². The summed E-state index contributed by atoms with van der Waals surface area (Å²) in [4.78, 5) is 23.3. The summed E-state index contributed by atoms with van der Waals surface area (Å²) in [6.45, 7) is 3.99. The van der Waals surface area contributed by atoms with Crippen molar-refractivity contribution in [3.05, 3.63) is 24.3 Å². The topological polar surface area (TPSA) is 83.8 Å². The average molecular weight is 381 g/mol. The molecule has 0 amide bonds. The van der Waals surface area contributed by atoms with Crippen LogP contribution in [-0.2, 0) is 14.3 Å². The lowest BCUT2D eigenvalue weighted by Crippen LogP contribution is -2.22. The van der Waals surface area contributed by atoms with Gasteiger partial charge in [0.25, 0.3) is 0 Å². The fraction of sp³-hybridized carbons (Fsp3) is 0.727. The molecule has 0 aromatic carbocycles. The van der Waals surface area contributed by atoms with Crippen LogP contribution in [0.5, 0.6) is 0 Å². The summed E-state index contributed by atoms with van der Waals surface area (Å²) in [6.07, 6.45) is 13.4. The van der Waals surface area contributed by atoms with Crippen LogP contribution >= 0.6 is 0 Å². The van der Waals surface area contributed by atoms with Crippen molar-refractivity contribution in [2.45, 2.75) is 83.3 Å². The highest BCUT2D eigenvalue weighted by Crippen LogP contribution is 2.34. The van der Waals surface area contributed by atoms with E-state index in [2.05, 4.69) is 17.7 Å². The molecule has 2 unspecified atom stereocenters. The fourth-order valence-electron chi connectivity index (χ4n) is 3.55. The minimum atomic E-state index is -1.13. The van der Waals surface area contributed by atoms with Crippen LogP contribution in [0.3, 0.4) is 0 Å². The average Bonchev–Trinajstić information content (AvgIpc) is 2.98. The largest absolute Gasteiger partial charge is 0.467 e. The van der Waals surface area contributed by atoms with Gasteiger partial charge in [-0.2, -0.15) is 0 Å². The van der Waals surface area contributed by atoms with E-state index < -0.39 is 17.7 Å². The van der Waals surface area contributed by atoms with E-state index in [1.54, 1.807) is 6.08 Å². The maximum Gasteiger partial charge on any atom is 0.335 e. The van der Waals surface area contributed by atoms with E-state index >= 15 is 0 Å². The molecule has 0 bridgehead atoms. The number of carbonyl (C=O) groups excluding carboxylic acids is 2. The van der Waals surface area contributed by atoms with Crippen molar-refractivity contribution in [2.24, 2.45) is 11.8 Å². The predicted octanol–water partition coefficient (Wildman–Crippen LogP) is 3.73. The lowest BCUT2D eigenvalue weighted by atomic mass is 9.89. The molecule has 1 saturated carbocycles. The second kappa shape index (κ2) is 12.1. The molecule has 5 nitrogen and oxygen atoms in total. The van der Waals surface area contributed by atoms with E-state index in [4.69, 9.17) is 0 Å². The highest BCUT2D eigenvalue weighted by molar-refractivity contribution is 5.83. The summed E-state index contributed by atoms with van der Waals surface area (Å²) < 4.78 is 4.47. The quantitative estimate of drug-likeness (QED) is 0.398. The van der Waals surface area contributed by atoms with Gasteiger partial charge in [-0.25, -0.2) is 4.79 Å². The van der Waals surface area contributed by atoms with Crippen LogP contribution in [0.2, 0.25) is 0 Å². The van der Waals surface area contributed by atoms with E-state index in [-0.39, 0.29) is 18.3 Å². The monoisotopic (exact) mass is 380 g/mol. The number of esters is 1. The molecule has 0 heterocycles. The summed E-state index contributed by atoms with van der Waals surface area (Å²) in [5.41, 5.74) is -0.673. The molecule has 0 aromatic rings. The van der Waals surface area contributed by atoms with E-state index in [9.17, 15) is 19.8 Å². The first-order valence-corrected chi connectivity index (χ1v) is 10.1. The maximum absolute atomic E-state index is 12.2. The highest BCUT2D eigenvalue weighted by Gasteiger charge is 2.32. The Morgan fingerprint density at radius 2 is 2.11 bits per heavy atom. The first kappa shape index (κ1) is 23.6. The number of aliphatic hydroxyl groups excluding tert-OH is 1. The number of unbranched alkanes of at least 4 members (excludes halogenated alkanes) is 1. The van der Waals surface area contributed by atoms with Gasteiger partial charge in [-0.15, -0.1) is 0 Å². The van der Waals surface area contributed by atoms with Crippen molar-refractivity contribution in [1.82, 2.24) is 0 Å². The summed E-state index contributed by atoms with van der Waals surface area (Å²) in [5.74, 6) is -0.0541. The number of methoxy groups -OCH3 is 1. The first-order chi connectivity index (χ1) is 12.8. The molecule has 0 spiro atoms. The molecule has 2 N–H and O–H groups in total. The predicted molar refractivity (Wildman–Crippen MR) is 106 cm³/mol. The molecule has 1 aliphatic carbocycles. The number of ketones is 1. The number of aliphatic hydroxyl groups is 2. The van der Waals surface area contributed by atoms with Crippen LogP contribution in [0.15, 0.2) is 24.3 Å². The number of ether oxygens (including phenoxy) is 1. The smallest absolute Gasteiger partial charge is 0.335 e. The Kier molecular flexibility index (Phi) is 10.6. The second-order valence-electron chi connectivity index (χ2n) is 7.83. The highest BCUT2D eigenvalue weighted by atomic mass is 16.5. The maximum atomic E-state index is 12.2. The molecule has 0 aromatic heterocycles. The minimum Gasteiger partial charge on any atom is -0.467 e. The SMILES string of the molecule is CCCCC(C)(O)CC=C[C@H]1CCC(=O)[C@@H]1CCC=CCC(O)C(=O)OC. The summed E-state index contributed by atoms with van der Waals surface area (Å²) in [7, 11) is 1.25. The van der Waals surface area contributed by atoms with Gasteiger partial charge in [0, 0.05) is 18.8 Å². The zero-order chi connectivity index (χ0) is 20.3. The molecule has 154 valence electrons. The Bertz CT molecular complexity index is 521. The van der Waals surface area contributed by atoms with Gasteiger partial charge >= 0.3 is 5.97 Å². The Morgan fingerprint density at radius 3 is 2.78 bits per heavy atom. The Hall–Kier alpha value is -1.46. The third kappa shape index (κ3) is 8.85. The van der Waals surface area contributed by atoms with Crippen LogP contribution in [0.25, 0.3) is 0 Å². The van der Waals surface area contributed by atoms with Gasteiger partial charge in [-0.3, -0.25) is 4.79 Å². The number of hydrogen-bond donors (Lipinski definition) is 2. The molecule has 1 fully saturated rings. The number of hydrogen-bond acceptors (Lipinski definition) is 5. The van der Waals surface area contributed by atoms with Crippen LogP contribution in [0, 0.1) is 11.8 Å². The molecule has 4 atom stereocenters. The molecule has 27 heavy (non-hydrogen) atoms. The molecule has 1 rings (SSSR count). The molecular weight excluding hydrogens is 344 g/mol. The van der Waals surface area contributed by atoms with Crippen molar-refractivity contribution in [3.63, 3.8) is 0 Å². The molecule has 0 saturated heterocycles. The summed E-state index contributed by atoms with van der Waals surface area (Å²) in [6, 6.07) is 0. The number of Topliss-reactive ketones (excluding diaryl/α,β-unsaturated/α-hetero) is 1. The second-order valence-corrected chi connectivity index (χ2v) is 7.83. The van der Waals surface area contributed by atoms with E-state index in [1.807, 2.05) is 19.1 Å². The number of carbonyl (C=O) groups is 2. The lowest BCUT2D eigenvalue weighted by Gasteiger charge is -2.21. The van der Waals surface area contributed by atoms with Gasteiger partial charge in [-0.1, -0.05) is 44.1 Å². The molecule has 0 radical (unpaired) electrons. The molecule has 0 aliphatic heterocycles. The van der Waals surface area contributed by atoms with Gasteiger partial charge in [0.1, 0.15) is 5.78 Å². The van der Waals surface area contributed by atoms with Crippen LogP contribution in [0.1, 0.15) is 71.6 Å². The zero-order valence-corrected chi connectivity index (χ0v) is 17.0. The summed E-state index contributed by atoms with van der Waals surface area (Å²) in [5, 5.41) is 19.9. The number of allylic oxidation sites excluding steroid dienone is 2. The fourth-order valence-corrected chi connectivity index (χ4v) is 3.55. The van der Waals surface area contributed by atoms with E-state index in [1.165, 1.54) is 7.11 Å². The van der Waals surface area contributed by atoms with Gasteiger partial charge in [0.15, 0.2) is 6.10 Å². The van der Waals surface area contributed by atoms with Gasteiger partial charge in [-0.05, 0) is 44.9 Å². The van der Waals surface area contributed by atoms with Gasteiger partial charge in [0.05, 0.1) is 12.7 Å². The molecule has 1 aliphatic rings. The Balaban J connectivity index is 2.43. The Morgan fingerprint density at radius 1 is 1.37 bits per heavy atom. The molecular formula is C22H36O5. The van der Waals surface area contributed by atoms with Crippen molar-refractivity contribution in [3.8, 4) is 0 Å².